The highest BCUT2D eigenvalue weighted by Crippen LogP contribution is 2.40. The lowest BCUT2D eigenvalue weighted by Crippen LogP contribution is -1.85. The number of aromatic hydroxyl groups is 1. The summed E-state index contributed by atoms with van der Waals surface area (Å²) in [7, 11) is 0. The number of halogens is 2. The Kier molecular flexibility index (Phi) is 3.96. The number of nitroso groups, excluding NO2 is 1. The Morgan fingerprint density at radius 3 is 2.59 bits per heavy atom. The molecule has 0 unspecified atom stereocenters. The Morgan fingerprint density at radius 2 is 1.91 bits per heavy atom. The average Bonchev–Trinajstić information content (AvgIpc) is 2.99. The van der Waals surface area contributed by atoms with E-state index in [9.17, 15) is 10.0 Å². The molecule has 1 heterocycles. The van der Waals surface area contributed by atoms with Gasteiger partial charge in [-0.1, -0.05) is 39.7 Å². The first kappa shape index (κ1) is 14.7. The molecule has 3 aromatic rings. The second kappa shape index (κ2) is 5.90. The number of aromatic amines is 1. The van der Waals surface area contributed by atoms with Crippen LogP contribution in [-0.4, -0.2) is 15.3 Å². The zero-order valence-corrected chi connectivity index (χ0v) is 13.4. The summed E-state index contributed by atoms with van der Waals surface area (Å²) in [5.74, 6) is -0.0957. The van der Waals surface area contributed by atoms with E-state index in [2.05, 4.69) is 31.3 Å². The highest BCUT2D eigenvalue weighted by atomic mass is 79.9. The molecular weight excluding hydrogens is 370 g/mol. The summed E-state index contributed by atoms with van der Waals surface area (Å²) in [5.41, 5.74) is 2.80. The minimum atomic E-state index is -0.0957. The third-order valence-electron chi connectivity index (χ3n) is 3.23. The number of nitrogens with one attached hydrogen (secondary N) is 1. The van der Waals surface area contributed by atoms with Gasteiger partial charge in [-0.3, -0.25) is 5.10 Å². The first-order valence-electron chi connectivity index (χ1n) is 6.25. The highest BCUT2D eigenvalue weighted by Gasteiger charge is 2.16. The molecule has 3 rings (SSSR count). The standard InChI is InChI=1S/C15H9BrClN3O2/c16-9-3-1-8(2-4-9)11-7-18-19-15(11)10-5-12(17)13(20-22)6-14(10)21/h1-7,21H,(H,18,19). The zero-order chi connectivity index (χ0) is 15.7. The number of hydrogen-bond donors (Lipinski definition) is 2. The van der Waals surface area contributed by atoms with E-state index in [0.29, 0.717) is 11.3 Å². The van der Waals surface area contributed by atoms with Crippen LogP contribution in [0.1, 0.15) is 0 Å². The SMILES string of the molecule is O=Nc1cc(O)c(-c2[nH]ncc2-c2ccc(Br)cc2)cc1Cl. The Bertz CT molecular complexity index is 846. The molecule has 0 aliphatic heterocycles. The van der Waals surface area contributed by atoms with Crippen molar-refractivity contribution in [3.63, 3.8) is 0 Å². The predicted molar refractivity (Wildman–Crippen MR) is 89.3 cm³/mol. The van der Waals surface area contributed by atoms with Gasteiger partial charge in [0.25, 0.3) is 0 Å². The summed E-state index contributed by atoms with van der Waals surface area (Å²) in [5, 5.41) is 19.9. The summed E-state index contributed by atoms with van der Waals surface area (Å²) < 4.78 is 0.966. The van der Waals surface area contributed by atoms with Crippen molar-refractivity contribution in [2.75, 3.05) is 0 Å². The van der Waals surface area contributed by atoms with Crippen molar-refractivity contribution in [3.05, 3.63) is 57.0 Å². The molecule has 0 saturated carbocycles. The van der Waals surface area contributed by atoms with Crippen molar-refractivity contribution in [3.8, 4) is 28.1 Å². The summed E-state index contributed by atoms with van der Waals surface area (Å²) >= 11 is 9.38. The van der Waals surface area contributed by atoms with Crippen LogP contribution in [0.5, 0.6) is 5.75 Å². The summed E-state index contributed by atoms with van der Waals surface area (Å²) in [6, 6.07) is 10.4. The van der Waals surface area contributed by atoms with Crippen molar-refractivity contribution < 1.29 is 5.11 Å². The Balaban J connectivity index is 2.15. The van der Waals surface area contributed by atoms with E-state index in [0.717, 1.165) is 15.6 Å². The second-order valence-electron chi connectivity index (χ2n) is 4.58. The van der Waals surface area contributed by atoms with Crippen LogP contribution in [0.2, 0.25) is 5.02 Å². The van der Waals surface area contributed by atoms with Crippen LogP contribution >= 0.6 is 27.5 Å². The van der Waals surface area contributed by atoms with E-state index in [-0.39, 0.29) is 16.5 Å². The van der Waals surface area contributed by atoms with Gasteiger partial charge in [0.1, 0.15) is 11.4 Å². The summed E-state index contributed by atoms with van der Waals surface area (Å²) in [4.78, 5) is 10.6. The molecule has 7 heteroatoms. The normalized spacial score (nSPS) is 10.6. The van der Waals surface area contributed by atoms with Crippen LogP contribution in [0.15, 0.2) is 52.2 Å². The number of phenolic OH excluding ortho intramolecular Hbond substituents is 1. The average molecular weight is 379 g/mol. The Morgan fingerprint density at radius 1 is 1.18 bits per heavy atom. The van der Waals surface area contributed by atoms with E-state index < -0.39 is 0 Å². The number of H-pyrrole nitrogens is 1. The number of nitrogens with zero attached hydrogens (tertiary/aromatic N) is 2. The molecule has 5 nitrogen and oxygen atoms in total. The predicted octanol–water partition coefficient (Wildman–Crippen LogP) is 5.26. The molecule has 0 aliphatic carbocycles. The van der Waals surface area contributed by atoms with Crippen LogP contribution in [0.4, 0.5) is 5.69 Å². The molecule has 0 bridgehead atoms. The summed E-state index contributed by atoms with van der Waals surface area (Å²) in [6.45, 7) is 0. The molecule has 0 atom stereocenters. The topological polar surface area (TPSA) is 78.3 Å². The molecule has 0 fully saturated rings. The molecule has 1 aromatic heterocycles. The highest BCUT2D eigenvalue weighted by molar-refractivity contribution is 9.10. The van der Waals surface area contributed by atoms with Crippen molar-refractivity contribution in [1.82, 2.24) is 10.2 Å². The van der Waals surface area contributed by atoms with E-state index in [4.69, 9.17) is 11.6 Å². The molecule has 0 saturated heterocycles. The van der Waals surface area contributed by atoms with Gasteiger partial charge in [-0.05, 0) is 28.9 Å². The second-order valence-corrected chi connectivity index (χ2v) is 5.90. The quantitative estimate of drug-likeness (QED) is 0.610. The molecule has 0 aliphatic rings. The third-order valence-corrected chi connectivity index (χ3v) is 4.06. The lowest BCUT2D eigenvalue weighted by molar-refractivity contribution is 0.477. The zero-order valence-electron chi connectivity index (χ0n) is 11.0. The number of benzene rings is 2. The van der Waals surface area contributed by atoms with E-state index in [1.807, 2.05) is 24.3 Å². The maximum Gasteiger partial charge on any atom is 0.130 e. The molecule has 0 spiro atoms. The van der Waals surface area contributed by atoms with Crippen molar-refractivity contribution in [1.29, 1.82) is 0 Å². The minimum absolute atomic E-state index is 0.00683. The van der Waals surface area contributed by atoms with Gasteiger partial charge in [-0.15, -0.1) is 4.91 Å². The fourth-order valence-electron chi connectivity index (χ4n) is 2.16. The number of rotatable bonds is 3. The molecule has 22 heavy (non-hydrogen) atoms. The fourth-order valence-corrected chi connectivity index (χ4v) is 2.62. The van der Waals surface area contributed by atoms with Gasteiger partial charge >= 0.3 is 0 Å². The maximum atomic E-state index is 10.6. The number of phenols is 1. The Hall–Kier alpha value is -2.18. The smallest absolute Gasteiger partial charge is 0.130 e. The van der Waals surface area contributed by atoms with Crippen LogP contribution < -0.4 is 0 Å². The monoisotopic (exact) mass is 377 g/mol. The summed E-state index contributed by atoms with van der Waals surface area (Å²) in [6.07, 6.45) is 1.66. The lowest BCUT2D eigenvalue weighted by atomic mass is 10.0. The molecule has 2 N–H and O–H groups in total. The van der Waals surface area contributed by atoms with Crippen molar-refractivity contribution in [2.45, 2.75) is 0 Å². The van der Waals surface area contributed by atoms with Crippen LogP contribution in [-0.2, 0) is 0 Å². The third kappa shape index (κ3) is 2.63. The lowest BCUT2D eigenvalue weighted by Gasteiger charge is -2.07. The van der Waals surface area contributed by atoms with Gasteiger partial charge in [0.2, 0.25) is 0 Å². The molecule has 0 amide bonds. The van der Waals surface area contributed by atoms with Gasteiger partial charge in [0.15, 0.2) is 0 Å². The van der Waals surface area contributed by atoms with E-state index in [1.54, 1.807) is 6.20 Å². The van der Waals surface area contributed by atoms with Crippen molar-refractivity contribution >= 4 is 33.2 Å². The molecule has 0 radical (unpaired) electrons. The van der Waals surface area contributed by atoms with Gasteiger partial charge in [0.05, 0.1) is 16.9 Å². The van der Waals surface area contributed by atoms with Gasteiger partial charge < -0.3 is 5.11 Å². The first-order valence-corrected chi connectivity index (χ1v) is 7.43. The van der Waals surface area contributed by atoms with Crippen molar-refractivity contribution in [2.24, 2.45) is 5.18 Å². The Labute approximate surface area is 139 Å². The maximum absolute atomic E-state index is 10.6. The van der Waals surface area contributed by atoms with E-state index in [1.165, 1.54) is 12.1 Å². The first-order chi connectivity index (χ1) is 10.6. The van der Waals surface area contributed by atoms with E-state index >= 15 is 0 Å². The van der Waals surface area contributed by atoms with Crippen LogP contribution in [0.25, 0.3) is 22.4 Å². The minimum Gasteiger partial charge on any atom is -0.507 e. The molecule has 2 aromatic carbocycles. The van der Waals surface area contributed by atoms with Gasteiger partial charge in [-0.25, -0.2) is 0 Å². The van der Waals surface area contributed by atoms with Gasteiger partial charge in [-0.2, -0.15) is 5.10 Å². The molecule has 110 valence electrons. The number of aromatic nitrogens is 2. The van der Waals surface area contributed by atoms with Crippen LogP contribution in [0.3, 0.4) is 0 Å². The van der Waals surface area contributed by atoms with Gasteiger partial charge in [0, 0.05) is 21.7 Å². The van der Waals surface area contributed by atoms with Crippen LogP contribution in [0, 0.1) is 4.91 Å². The largest absolute Gasteiger partial charge is 0.507 e. The fraction of sp³-hybridized carbons (Fsp3) is 0. The molecular formula is C15H9BrClN3O2. The number of hydrogen-bond acceptors (Lipinski definition) is 4.